The molecule has 0 saturated carbocycles. The summed E-state index contributed by atoms with van der Waals surface area (Å²) in [5.41, 5.74) is 0.246. The molecule has 7 nitrogen and oxygen atoms in total. The van der Waals surface area contributed by atoms with Crippen LogP contribution < -0.4 is 4.74 Å². The van der Waals surface area contributed by atoms with Gasteiger partial charge in [-0.15, -0.1) is 0 Å². The number of carbonyl (C=O) groups is 1. The van der Waals surface area contributed by atoms with Gasteiger partial charge in [-0.3, -0.25) is 10.1 Å². The Balaban J connectivity index is 2.96. The average molecular weight is 280 g/mol. The van der Waals surface area contributed by atoms with Crippen LogP contribution in [0.2, 0.25) is 0 Å². The Bertz CT molecular complexity index is 525. The fourth-order valence-electron chi connectivity index (χ4n) is 1.41. The van der Waals surface area contributed by atoms with E-state index in [9.17, 15) is 14.9 Å². The first-order chi connectivity index (χ1) is 9.40. The summed E-state index contributed by atoms with van der Waals surface area (Å²) in [6.45, 7) is 1.08. The van der Waals surface area contributed by atoms with E-state index in [4.69, 9.17) is 9.84 Å². The van der Waals surface area contributed by atoms with E-state index >= 15 is 0 Å². The molecule has 0 aliphatic carbocycles. The zero-order valence-corrected chi connectivity index (χ0v) is 11.3. The zero-order valence-electron chi connectivity index (χ0n) is 11.3. The van der Waals surface area contributed by atoms with Gasteiger partial charge in [0.05, 0.1) is 4.92 Å². The molecular formula is C13H16N2O5. The highest BCUT2D eigenvalue weighted by Crippen LogP contribution is 2.25. The van der Waals surface area contributed by atoms with Crippen molar-refractivity contribution in [3.63, 3.8) is 0 Å². The third kappa shape index (κ3) is 5.07. The molecule has 0 fully saturated rings. The minimum absolute atomic E-state index is 0.116. The van der Waals surface area contributed by atoms with Crippen molar-refractivity contribution in [2.24, 2.45) is 0 Å². The Morgan fingerprint density at radius 1 is 1.50 bits per heavy atom. The highest BCUT2D eigenvalue weighted by molar-refractivity contribution is 5.86. The zero-order chi connectivity index (χ0) is 15.1. The number of benzene rings is 1. The summed E-state index contributed by atoms with van der Waals surface area (Å²) in [4.78, 5) is 22.7. The van der Waals surface area contributed by atoms with Crippen LogP contribution in [0.15, 0.2) is 24.3 Å². The number of rotatable bonds is 7. The molecule has 0 radical (unpaired) electrons. The molecule has 1 rings (SSSR count). The van der Waals surface area contributed by atoms with Gasteiger partial charge in [0.25, 0.3) is 5.69 Å². The Kier molecular flexibility index (Phi) is 5.67. The van der Waals surface area contributed by atoms with Crippen LogP contribution in [-0.2, 0) is 4.79 Å². The topological polar surface area (TPSA) is 92.9 Å². The monoisotopic (exact) mass is 280 g/mol. The van der Waals surface area contributed by atoms with Crippen LogP contribution in [0.4, 0.5) is 5.69 Å². The van der Waals surface area contributed by atoms with E-state index in [2.05, 4.69) is 0 Å². The molecule has 0 atom stereocenters. The first-order valence-electron chi connectivity index (χ1n) is 5.87. The molecule has 0 saturated heterocycles. The average Bonchev–Trinajstić information content (AvgIpc) is 2.36. The van der Waals surface area contributed by atoms with Crippen molar-refractivity contribution < 1.29 is 19.6 Å². The van der Waals surface area contributed by atoms with Gasteiger partial charge in [0, 0.05) is 30.3 Å². The smallest absolute Gasteiger partial charge is 0.328 e. The van der Waals surface area contributed by atoms with Crippen molar-refractivity contribution in [2.75, 3.05) is 27.2 Å². The van der Waals surface area contributed by atoms with E-state index in [0.29, 0.717) is 24.5 Å². The summed E-state index contributed by atoms with van der Waals surface area (Å²) in [6.07, 6.45) is 2.19. The summed E-state index contributed by atoms with van der Waals surface area (Å²) in [5.74, 6) is -0.717. The molecule has 0 aromatic heterocycles. The fourth-order valence-corrected chi connectivity index (χ4v) is 1.41. The summed E-state index contributed by atoms with van der Waals surface area (Å²) in [5, 5.41) is 19.3. The van der Waals surface area contributed by atoms with Crippen LogP contribution in [0.1, 0.15) is 5.56 Å². The van der Waals surface area contributed by atoms with Crippen molar-refractivity contribution in [3.05, 3.63) is 40.0 Å². The second kappa shape index (κ2) is 7.25. The molecule has 0 unspecified atom stereocenters. The summed E-state index contributed by atoms with van der Waals surface area (Å²) < 4.78 is 5.51. The van der Waals surface area contributed by atoms with Gasteiger partial charge in [-0.05, 0) is 26.2 Å². The first-order valence-corrected chi connectivity index (χ1v) is 5.87. The van der Waals surface area contributed by atoms with Crippen molar-refractivity contribution in [1.82, 2.24) is 4.90 Å². The van der Waals surface area contributed by atoms with Crippen LogP contribution in [0.3, 0.4) is 0 Å². The van der Waals surface area contributed by atoms with Gasteiger partial charge in [0.1, 0.15) is 12.4 Å². The SMILES string of the molecule is CN(C)CCOc1ccc([N+](=O)[O-])cc1/C=C/C(=O)O. The van der Waals surface area contributed by atoms with Gasteiger partial charge in [-0.2, -0.15) is 0 Å². The molecule has 0 amide bonds. The van der Waals surface area contributed by atoms with Gasteiger partial charge in [-0.1, -0.05) is 0 Å². The molecule has 108 valence electrons. The van der Waals surface area contributed by atoms with Gasteiger partial charge in [0.15, 0.2) is 0 Å². The summed E-state index contributed by atoms with van der Waals surface area (Å²) >= 11 is 0. The molecule has 1 N–H and O–H groups in total. The van der Waals surface area contributed by atoms with Crippen molar-refractivity contribution in [1.29, 1.82) is 0 Å². The van der Waals surface area contributed by atoms with Gasteiger partial charge in [0.2, 0.25) is 0 Å². The molecular weight excluding hydrogens is 264 g/mol. The maximum Gasteiger partial charge on any atom is 0.328 e. The predicted molar refractivity (Wildman–Crippen MR) is 73.8 cm³/mol. The third-order valence-electron chi connectivity index (χ3n) is 2.41. The Morgan fingerprint density at radius 2 is 2.20 bits per heavy atom. The highest BCUT2D eigenvalue weighted by atomic mass is 16.6. The molecule has 1 aromatic rings. The van der Waals surface area contributed by atoms with E-state index in [0.717, 1.165) is 6.08 Å². The van der Waals surface area contributed by atoms with Crippen molar-refractivity contribution in [2.45, 2.75) is 0 Å². The highest BCUT2D eigenvalue weighted by Gasteiger charge is 2.10. The fraction of sp³-hybridized carbons (Fsp3) is 0.308. The van der Waals surface area contributed by atoms with Crippen molar-refractivity contribution in [3.8, 4) is 5.75 Å². The number of aliphatic carboxylic acids is 1. The van der Waals surface area contributed by atoms with E-state index in [1.807, 2.05) is 19.0 Å². The number of nitrogens with zero attached hydrogens (tertiary/aromatic N) is 2. The van der Waals surface area contributed by atoms with E-state index in [-0.39, 0.29) is 5.69 Å². The van der Waals surface area contributed by atoms with Gasteiger partial charge < -0.3 is 14.7 Å². The number of likely N-dealkylation sites (N-methyl/N-ethyl adjacent to an activating group) is 1. The lowest BCUT2D eigenvalue weighted by Gasteiger charge is -2.12. The second-order valence-electron chi connectivity index (χ2n) is 4.30. The number of ether oxygens (including phenoxy) is 1. The number of nitro benzene ring substituents is 1. The normalized spacial score (nSPS) is 10.9. The number of hydrogen-bond acceptors (Lipinski definition) is 5. The standard InChI is InChI=1S/C13H16N2O5/c1-14(2)7-8-20-12-5-4-11(15(18)19)9-10(12)3-6-13(16)17/h3-6,9H,7-8H2,1-2H3,(H,16,17)/b6-3+. The molecule has 0 spiro atoms. The molecule has 0 bridgehead atoms. The van der Waals surface area contributed by atoms with E-state index in [1.165, 1.54) is 24.3 Å². The van der Waals surface area contributed by atoms with Crippen LogP contribution in [-0.4, -0.2) is 48.1 Å². The van der Waals surface area contributed by atoms with Crippen molar-refractivity contribution >= 4 is 17.7 Å². The number of nitro groups is 1. The maximum atomic E-state index is 10.7. The lowest BCUT2D eigenvalue weighted by molar-refractivity contribution is -0.384. The molecule has 0 aliphatic rings. The number of carboxylic acid groups (broad SMARTS) is 1. The Morgan fingerprint density at radius 3 is 2.75 bits per heavy atom. The molecule has 0 heterocycles. The number of carboxylic acids is 1. The predicted octanol–water partition coefficient (Wildman–Crippen LogP) is 1.63. The van der Waals surface area contributed by atoms with Crippen LogP contribution in [0.25, 0.3) is 6.08 Å². The van der Waals surface area contributed by atoms with Crippen LogP contribution in [0.5, 0.6) is 5.75 Å². The number of non-ortho nitro benzene ring substituents is 1. The quantitative estimate of drug-likeness (QED) is 0.463. The maximum absolute atomic E-state index is 10.7. The summed E-state index contributed by atoms with van der Waals surface area (Å²) in [6, 6.07) is 4.07. The van der Waals surface area contributed by atoms with Crippen LogP contribution >= 0.6 is 0 Å². The molecule has 7 heteroatoms. The van der Waals surface area contributed by atoms with E-state index < -0.39 is 10.9 Å². The van der Waals surface area contributed by atoms with Crippen LogP contribution in [0, 0.1) is 10.1 Å². The largest absolute Gasteiger partial charge is 0.492 e. The molecule has 20 heavy (non-hydrogen) atoms. The Hall–Kier alpha value is -2.41. The molecule has 0 aliphatic heterocycles. The lowest BCUT2D eigenvalue weighted by Crippen LogP contribution is -2.19. The summed E-state index contributed by atoms with van der Waals surface area (Å²) in [7, 11) is 3.79. The van der Waals surface area contributed by atoms with Gasteiger partial charge in [-0.25, -0.2) is 4.79 Å². The van der Waals surface area contributed by atoms with Gasteiger partial charge >= 0.3 is 5.97 Å². The lowest BCUT2D eigenvalue weighted by atomic mass is 10.1. The minimum atomic E-state index is -1.13. The Labute approximate surface area is 116 Å². The van der Waals surface area contributed by atoms with E-state index in [1.54, 1.807) is 0 Å². The second-order valence-corrected chi connectivity index (χ2v) is 4.30. The third-order valence-corrected chi connectivity index (χ3v) is 2.41. The number of hydrogen-bond donors (Lipinski definition) is 1. The molecule has 1 aromatic carbocycles. The first kappa shape index (κ1) is 15.6. The minimum Gasteiger partial charge on any atom is -0.492 e.